The monoisotopic (exact) mass is 303 g/mol. The van der Waals surface area contributed by atoms with Gasteiger partial charge in [0.1, 0.15) is 0 Å². The Morgan fingerprint density at radius 3 is 1.68 bits per heavy atom. The van der Waals surface area contributed by atoms with Gasteiger partial charge in [0.05, 0.1) is 0 Å². The molecule has 0 aliphatic heterocycles. The van der Waals surface area contributed by atoms with E-state index < -0.39 is 0 Å². The van der Waals surface area contributed by atoms with Crippen molar-refractivity contribution in [2.24, 2.45) is 5.73 Å². The molecule has 0 radical (unpaired) electrons. The zero-order chi connectivity index (χ0) is 16.3. The van der Waals surface area contributed by atoms with Crippen LogP contribution in [0.1, 0.15) is 96.8 Å². The Bertz CT molecular complexity index is 378. The highest BCUT2D eigenvalue weighted by molar-refractivity contribution is 5.73. The lowest BCUT2D eigenvalue weighted by Gasteiger charge is -2.00. The number of hydrogen-bond acceptors (Lipinski definition) is 1. The fourth-order valence-corrected chi connectivity index (χ4v) is 2.27. The van der Waals surface area contributed by atoms with Crippen LogP contribution in [0.5, 0.6) is 0 Å². The summed E-state index contributed by atoms with van der Waals surface area (Å²) in [5.41, 5.74) is 5.04. The Balaban J connectivity index is 3.24. The molecule has 0 rings (SSSR count). The van der Waals surface area contributed by atoms with E-state index in [1.54, 1.807) is 0 Å². The summed E-state index contributed by atoms with van der Waals surface area (Å²) in [6.07, 6.45) is 16.4. The number of primary amides is 1. The summed E-state index contributed by atoms with van der Waals surface area (Å²) in [4.78, 5) is 10.5. The van der Waals surface area contributed by atoms with Gasteiger partial charge >= 0.3 is 0 Å². The molecule has 0 aromatic heterocycles. The standard InChI is InChI=1S/C20H33NO/c1-2-3-4-5-6-7-8-9-10-11-12-13-14-15-16-17-18-19-20(21)22/h2-12,17-19H2,1H3,(H2,21,22). The summed E-state index contributed by atoms with van der Waals surface area (Å²) in [6, 6.07) is 0. The van der Waals surface area contributed by atoms with Crippen LogP contribution >= 0.6 is 0 Å². The van der Waals surface area contributed by atoms with Crippen LogP contribution < -0.4 is 5.73 Å². The normalized spacial score (nSPS) is 9.50. The molecule has 0 saturated heterocycles. The highest BCUT2D eigenvalue weighted by atomic mass is 16.1. The van der Waals surface area contributed by atoms with Gasteiger partial charge in [-0.3, -0.25) is 4.79 Å². The van der Waals surface area contributed by atoms with Crippen molar-refractivity contribution in [2.45, 2.75) is 96.8 Å². The van der Waals surface area contributed by atoms with Gasteiger partial charge in [-0.1, -0.05) is 76.6 Å². The van der Waals surface area contributed by atoms with Gasteiger partial charge in [-0.2, -0.15) is 0 Å². The summed E-state index contributed by atoms with van der Waals surface area (Å²) in [5.74, 6) is 11.5. The molecule has 0 fully saturated rings. The van der Waals surface area contributed by atoms with Crippen molar-refractivity contribution in [1.82, 2.24) is 0 Å². The van der Waals surface area contributed by atoms with E-state index in [0.29, 0.717) is 12.8 Å². The zero-order valence-corrected chi connectivity index (χ0v) is 14.4. The molecular weight excluding hydrogens is 270 g/mol. The third-order valence-electron chi connectivity index (χ3n) is 3.62. The molecular formula is C20H33NO. The first-order valence-electron chi connectivity index (χ1n) is 9.01. The van der Waals surface area contributed by atoms with E-state index >= 15 is 0 Å². The highest BCUT2D eigenvalue weighted by Crippen LogP contribution is 2.10. The number of amides is 1. The maximum Gasteiger partial charge on any atom is 0.217 e. The van der Waals surface area contributed by atoms with Crippen molar-refractivity contribution < 1.29 is 4.79 Å². The molecule has 2 N–H and O–H groups in total. The summed E-state index contributed by atoms with van der Waals surface area (Å²) in [5, 5.41) is 0. The van der Waals surface area contributed by atoms with Gasteiger partial charge in [0, 0.05) is 19.3 Å². The summed E-state index contributed by atoms with van der Waals surface area (Å²) in [6.45, 7) is 2.26. The Morgan fingerprint density at radius 1 is 0.727 bits per heavy atom. The fraction of sp³-hybridized carbons (Fsp3) is 0.750. The Morgan fingerprint density at radius 2 is 1.18 bits per heavy atom. The zero-order valence-electron chi connectivity index (χ0n) is 14.4. The highest BCUT2D eigenvalue weighted by Gasteiger charge is 1.92. The third-order valence-corrected chi connectivity index (χ3v) is 3.62. The maximum absolute atomic E-state index is 10.5. The fourth-order valence-electron chi connectivity index (χ4n) is 2.27. The molecule has 0 heterocycles. The summed E-state index contributed by atoms with van der Waals surface area (Å²) in [7, 11) is 0. The van der Waals surface area contributed by atoms with Gasteiger partial charge in [0.25, 0.3) is 0 Å². The predicted octanol–water partition coefficient (Wildman–Crippen LogP) is 4.96. The van der Waals surface area contributed by atoms with Crippen molar-refractivity contribution in [1.29, 1.82) is 0 Å². The Hall–Kier alpha value is -1.41. The molecule has 1 amide bonds. The molecule has 0 unspecified atom stereocenters. The van der Waals surface area contributed by atoms with Crippen LogP contribution in [0.3, 0.4) is 0 Å². The number of nitrogens with two attached hydrogens (primary N) is 1. The first kappa shape index (κ1) is 20.6. The molecule has 0 aromatic carbocycles. The first-order chi connectivity index (χ1) is 10.8. The predicted molar refractivity (Wildman–Crippen MR) is 95.1 cm³/mol. The Labute approximate surface area is 137 Å². The third kappa shape index (κ3) is 18.6. The number of unbranched alkanes of at least 4 members (excludes halogenated alkanes) is 11. The van der Waals surface area contributed by atoms with E-state index in [0.717, 1.165) is 12.8 Å². The van der Waals surface area contributed by atoms with E-state index in [4.69, 9.17) is 5.73 Å². The second-order valence-corrected chi connectivity index (χ2v) is 5.86. The molecule has 0 aliphatic rings. The van der Waals surface area contributed by atoms with E-state index in [-0.39, 0.29) is 5.91 Å². The number of hydrogen-bond donors (Lipinski definition) is 1. The molecule has 22 heavy (non-hydrogen) atoms. The molecule has 0 atom stereocenters. The molecule has 0 bridgehead atoms. The average Bonchev–Trinajstić information content (AvgIpc) is 2.50. The molecule has 124 valence electrons. The SMILES string of the molecule is CCCCCCCCCCCCC#CC#CCCCC(N)=O. The second-order valence-electron chi connectivity index (χ2n) is 5.86. The van der Waals surface area contributed by atoms with Gasteiger partial charge in [-0.15, -0.1) is 0 Å². The molecule has 0 spiro atoms. The maximum atomic E-state index is 10.5. The van der Waals surface area contributed by atoms with Crippen LogP contribution in [0.4, 0.5) is 0 Å². The summed E-state index contributed by atoms with van der Waals surface area (Å²) >= 11 is 0. The molecule has 0 saturated carbocycles. The topological polar surface area (TPSA) is 43.1 Å². The van der Waals surface area contributed by atoms with Crippen molar-refractivity contribution >= 4 is 5.91 Å². The van der Waals surface area contributed by atoms with Crippen molar-refractivity contribution in [3.05, 3.63) is 0 Å². The minimum atomic E-state index is -0.256. The smallest absolute Gasteiger partial charge is 0.217 e. The van der Waals surface area contributed by atoms with Crippen LogP contribution in [0.25, 0.3) is 0 Å². The van der Waals surface area contributed by atoms with E-state index in [9.17, 15) is 4.79 Å². The molecule has 0 aromatic rings. The summed E-state index contributed by atoms with van der Waals surface area (Å²) < 4.78 is 0. The number of rotatable bonds is 13. The van der Waals surface area contributed by atoms with Crippen LogP contribution in [0.15, 0.2) is 0 Å². The van der Waals surface area contributed by atoms with Crippen molar-refractivity contribution in [3.63, 3.8) is 0 Å². The lowest BCUT2D eigenvalue weighted by atomic mass is 10.1. The lowest BCUT2D eigenvalue weighted by molar-refractivity contribution is -0.118. The number of carbonyl (C=O) groups is 1. The molecule has 0 aliphatic carbocycles. The van der Waals surface area contributed by atoms with Crippen molar-refractivity contribution in [2.75, 3.05) is 0 Å². The number of carbonyl (C=O) groups excluding carboxylic acids is 1. The van der Waals surface area contributed by atoms with E-state index in [1.807, 2.05) is 0 Å². The van der Waals surface area contributed by atoms with Crippen LogP contribution in [-0.4, -0.2) is 5.91 Å². The largest absolute Gasteiger partial charge is 0.370 e. The van der Waals surface area contributed by atoms with Gasteiger partial charge in [0.2, 0.25) is 5.91 Å². The second kappa shape index (κ2) is 17.6. The quantitative estimate of drug-likeness (QED) is 0.379. The van der Waals surface area contributed by atoms with Gasteiger partial charge < -0.3 is 5.73 Å². The van der Waals surface area contributed by atoms with E-state index in [2.05, 4.69) is 30.6 Å². The lowest BCUT2D eigenvalue weighted by Crippen LogP contribution is -2.09. The van der Waals surface area contributed by atoms with Crippen molar-refractivity contribution in [3.8, 4) is 23.7 Å². The van der Waals surface area contributed by atoms with Gasteiger partial charge in [-0.05, 0) is 24.7 Å². The van der Waals surface area contributed by atoms with Crippen LogP contribution in [0, 0.1) is 23.7 Å². The van der Waals surface area contributed by atoms with Gasteiger partial charge in [0.15, 0.2) is 0 Å². The van der Waals surface area contributed by atoms with Crippen LogP contribution in [-0.2, 0) is 4.79 Å². The molecule has 2 nitrogen and oxygen atoms in total. The van der Waals surface area contributed by atoms with Crippen LogP contribution in [0.2, 0.25) is 0 Å². The first-order valence-corrected chi connectivity index (χ1v) is 9.01. The average molecular weight is 303 g/mol. The van der Waals surface area contributed by atoms with E-state index in [1.165, 1.54) is 64.2 Å². The molecule has 2 heteroatoms. The minimum absolute atomic E-state index is 0.256. The minimum Gasteiger partial charge on any atom is -0.370 e. The van der Waals surface area contributed by atoms with Gasteiger partial charge in [-0.25, -0.2) is 0 Å². The Kier molecular flexibility index (Phi) is 16.5.